The Morgan fingerprint density at radius 2 is 1.76 bits per heavy atom. The van der Waals surface area contributed by atoms with Crippen molar-refractivity contribution in [2.45, 2.75) is 76.4 Å². The van der Waals surface area contributed by atoms with E-state index in [-0.39, 0.29) is 36.0 Å². The van der Waals surface area contributed by atoms with Crippen molar-refractivity contribution in [3.05, 3.63) is 35.4 Å². The maximum absolute atomic E-state index is 13.4. The molecule has 0 aromatic heterocycles. The van der Waals surface area contributed by atoms with Crippen LogP contribution in [0.1, 0.15) is 69.9 Å². The van der Waals surface area contributed by atoms with E-state index in [0.29, 0.717) is 17.9 Å². The lowest BCUT2D eigenvalue weighted by molar-refractivity contribution is -0.141. The molecule has 3 fully saturated rings. The molecule has 2 atom stereocenters. The Hall–Kier alpha value is -2.42. The molecule has 1 aliphatic carbocycles. The number of sulfone groups is 1. The minimum absolute atomic E-state index is 0.0356. The van der Waals surface area contributed by atoms with Crippen molar-refractivity contribution < 1.29 is 22.8 Å². The van der Waals surface area contributed by atoms with Crippen LogP contribution in [-0.2, 0) is 25.0 Å². The van der Waals surface area contributed by atoms with Gasteiger partial charge >= 0.3 is 6.03 Å². The number of carbonyl (C=O) groups is 3. The van der Waals surface area contributed by atoms with E-state index in [0.717, 1.165) is 36.1 Å². The average molecular weight is 476 g/mol. The molecule has 8 nitrogen and oxygen atoms in total. The molecular weight excluding hydrogens is 442 g/mol. The summed E-state index contributed by atoms with van der Waals surface area (Å²) in [4.78, 5) is 42.2. The van der Waals surface area contributed by atoms with E-state index in [2.05, 4.69) is 19.2 Å². The molecule has 180 valence electrons. The van der Waals surface area contributed by atoms with Gasteiger partial charge in [0.05, 0.1) is 11.5 Å². The van der Waals surface area contributed by atoms with E-state index < -0.39 is 27.3 Å². The number of hydrogen-bond acceptors (Lipinski definition) is 5. The van der Waals surface area contributed by atoms with Gasteiger partial charge in [0.25, 0.3) is 5.91 Å². The van der Waals surface area contributed by atoms with Crippen LogP contribution in [-0.4, -0.2) is 66.2 Å². The van der Waals surface area contributed by atoms with Gasteiger partial charge in [-0.15, -0.1) is 0 Å². The largest absolute Gasteiger partial charge is 0.334 e. The molecule has 4 amide bonds. The first-order valence-electron chi connectivity index (χ1n) is 11.8. The second kappa shape index (κ2) is 8.74. The molecule has 33 heavy (non-hydrogen) atoms. The number of carbonyl (C=O) groups excluding carboxylic acids is 3. The highest BCUT2D eigenvalue weighted by molar-refractivity contribution is 7.91. The molecule has 1 aromatic rings. The topological polar surface area (TPSA) is 104 Å². The monoisotopic (exact) mass is 475 g/mol. The van der Waals surface area contributed by atoms with Gasteiger partial charge in [0, 0.05) is 12.1 Å². The molecule has 0 unspecified atom stereocenters. The third-order valence-corrected chi connectivity index (χ3v) is 9.08. The Labute approximate surface area is 195 Å². The maximum atomic E-state index is 13.4. The summed E-state index contributed by atoms with van der Waals surface area (Å²) in [5, 5.41) is 2.76. The first-order chi connectivity index (χ1) is 15.5. The van der Waals surface area contributed by atoms with E-state index in [9.17, 15) is 22.8 Å². The maximum Gasteiger partial charge on any atom is 0.325 e. The molecule has 1 saturated carbocycles. The van der Waals surface area contributed by atoms with Gasteiger partial charge in [-0.2, -0.15) is 0 Å². The average Bonchev–Trinajstić information content (AvgIpc) is 3.45. The van der Waals surface area contributed by atoms with E-state index >= 15 is 0 Å². The van der Waals surface area contributed by atoms with Crippen molar-refractivity contribution >= 4 is 27.7 Å². The fraction of sp³-hybridized carbons (Fsp3) is 0.625. The quantitative estimate of drug-likeness (QED) is 0.637. The Morgan fingerprint density at radius 3 is 2.30 bits per heavy atom. The predicted octanol–water partition coefficient (Wildman–Crippen LogP) is 2.54. The van der Waals surface area contributed by atoms with Gasteiger partial charge in [-0.3, -0.25) is 14.5 Å². The van der Waals surface area contributed by atoms with Crippen molar-refractivity contribution in [2.24, 2.45) is 0 Å². The SMILES string of the molecule is CC(C)c1ccc([C@]2(C)NC(=O)N(CC(=O)N(C3CCCC3)[C@H]3CCS(=O)(=O)C3)C2=O)cc1. The first kappa shape index (κ1) is 23.7. The number of hydrogen-bond donors (Lipinski definition) is 1. The van der Waals surface area contributed by atoms with Crippen LogP contribution in [0.25, 0.3) is 0 Å². The van der Waals surface area contributed by atoms with Gasteiger partial charge in [-0.1, -0.05) is 51.0 Å². The van der Waals surface area contributed by atoms with Gasteiger partial charge in [-0.05, 0) is 43.2 Å². The molecule has 9 heteroatoms. The third-order valence-electron chi connectivity index (χ3n) is 7.33. The summed E-state index contributed by atoms with van der Waals surface area (Å²) in [7, 11) is -3.17. The van der Waals surface area contributed by atoms with Crippen LogP contribution >= 0.6 is 0 Å². The summed E-state index contributed by atoms with van der Waals surface area (Å²) in [5.41, 5.74) is 0.543. The van der Waals surface area contributed by atoms with Crippen LogP contribution in [0.15, 0.2) is 24.3 Å². The summed E-state index contributed by atoms with van der Waals surface area (Å²) in [6.45, 7) is 5.44. The van der Waals surface area contributed by atoms with Gasteiger partial charge < -0.3 is 10.2 Å². The van der Waals surface area contributed by atoms with Crippen molar-refractivity contribution in [1.82, 2.24) is 15.1 Å². The lowest BCUT2D eigenvalue weighted by Crippen LogP contribution is -2.51. The number of imide groups is 1. The Morgan fingerprint density at radius 1 is 1.12 bits per heavy atom. The van der Waals surface area contributed by atoms with Crippen LogP contribution in [0.4, 0.5) is 4.79 Å². The Balaban J connectivity index is 1.54. The lowest BCUT2D eigenvalue weighted by atomic mass is 9.90. The molecule has 2 heterocycles. The van der Waals surface area contributed by atoms with Crippen molar-refractivity contribution in [2.75, 3.05) is 18.1 Å². The summed E-state index contributed by atoms with van der Waals surface area (Å²) in [5.74, 6) is -0.455. The zero-order chi connectivity index (χ0) is 24.0. The highest BCUT2D eigenvalue weighted by Crippen LogP contribution is 2.32. The smallest absolute Gasteiger partial charge is 0.325 e. The number of rotatable bonds is 6. The Kier molecular flexibility index (Phi) is 6.28. The predicted molar refractivity (Wildman–Crippen MR) is 124 cm³/mol. The fourth-order valence-corrected chi connectivity index (χ4v) is 7.05. The molecule has 1 aromatic carbocycles. The van der Waals surface area contributed by atoms with Crippen molar-refractivity contribution in [3.63, 3.8) is 0 Å². The van der Waals surface area contributed by atoms with E-state index in [1.54, 1.807) is 11.8 Å². The van der Waals surface area contributed by atoms with Crippen LogP contribution in [0.5, 0.6) is 0 Å². The van der Waals surface area contributed by atoms with Crippen LogP contribution < -0.4 is 5.32 Å². The molecule has 2 saturated heterocycles. The van der Waals surface area contributed by atoms with Crippen LogP contribution in [0.3, 0.4) is 0 Å². The highest BCUT2D eigenvalue weighted by Gasteiger charge is 2.50. The number of urea groups is 1. The van der Waals surface area contributed by atoms with E-state index in [1.165, 1.54) is 0 Å². The zero-order valence-corrected chi connectivity index (χ0v) is 20.4. The first-order valence-corrected chi connectivity index (χ1v) is 13.6. The number of amides is 4. The minimum atomic E-state index is -3.17. The molecule has 0 bridgehead atoms. The second-order valence-corrected chi connectivity index (χ2v) is 12.2. The fourth-order valence-electron chi connectivity index (χ4n) is 5.34. The third kappa shape index (κ3) is 4.52. The molecule has 0 spiro atoms. The van der Waals surface area contributed by atoms with Gasteiger partial charge in [0.1, 0.15) is 12.1 Å². The minimum Gasteiger partial charge on any atom is -0.334 e. The van der Waals surface area contributed by atoms with Crippen LogP contribution in [0, 0.1) is 0 Å². The highest BCUT2D eigenvalue weighted by atomic mass is 32.2. The van der Waals surface area contributed by atoms with Gasteiger partial charge in [0.15, 0.2) is 9.84 Å². The number of nitrogens with one attached hydrogen (secondary N) is 1. The van der Waals surface area contributed by atoms with Crippen molar-refractivity contribution in [3.8, 4) is 0 Å². The lowest BCUT2D eigenvalue weighted by Gasteiger charge is -2.35. The summed E-state index contributed by atoms with van der Waals surface area (Å²) >= 11 is 0. The summed E-state index contributed by atoms with van der Waals surface area (Å²) in [6.07, 6.45) is 4.03. The molecule has 4 rings (SSSR count). The molecule has 1 N–H and O–H groups in total. The second-order valence-electron chi connectivity index (χ2n) is 10.0. The Bertz CT molecular complexity index is 1050. The molecule has 0 radical (unpaired) electrons. The van der Waals surface area contributed by atoms with Crippen LogP contribution in [0.2, 0.25) is 0 Å². The van der Waals surface area contributed by atoms with Gasteiger partial charge in [-0.25, -0.2) is 13.2 Å². The van der Waals surface area contributed by atoms with Crippen molar-refractivity contribution in [1.29, 1.82) is 0 Å². The van der Waals surface area contributed by atoms with Gasteiger partial charge in [0.2, 0.25) is 5.91 Å². The normalized spacial score (nSPS) is 27.4. The van der Waals surface area contributed by atoms with E-state index in [1.807, 2.05) is 24.3 Å². The summed E-state index contributed by atoms with van der Waals surface area (Å²) < 4.78 is 24.1. The number of nitrogens with zero attached hydrogens (tertiary/aromatic N) is 2. The zero-order valence-electron chi connectivity index (χ0n) is 19.5. The standard InChI is InChI=1S/C24H33N3O5S/c1-16(2)17-8-10-18(11-9-17)24(3)22(29)26(23(30)25-24)14-21(28)27(19-6-4-5-7-19)20-12-13-33(31,32)15-20/h8-11,16,19-20H,4-7,12-15H2,1-3H3,(H,25,30)/t20-,24-/m0/s1. The molecule has 3 aliphatic rings. The summed E-state index contributed by atoms with van der Waals surface area (Å²) in [6, 6.07) is 6.55. The molecule has 2 aliphatic heterocycles. The van der Waals surface area contributed by atoms with E-state index in [4.69, 9.17) is 0 Å². The molecular formula is C24H33N3O5S. The number of benzene rings is 1.